The van der Waals surface area contributed by atoms with Crippen molar-refractivity contribution < 1.29 is 9.53 Å². The number of hydrogen-bond acceptors (Lipinski definition) is 5. The summed E-state index contributed by atoms with van der Waals surface area (Å²) < 4.78 is 9.30. The molecule has 8 nitrogen and oxygen atoms in total. The molecule has 0 aliphatic heterocycles. The topological polar surface area (TPSA) is 86.3 Å². The van der Waals surface area contributed by atoms with Gasteiger partial charge in [0.05, 0.1) is 6.54 Å². The number of carbonyl (C=O) groups is 1. The summed E-state index contributed by atoms with van der Waals surface area (Å²) in [5.74, 6) is 1.02. The molecule has 5 aromatic rings. The predicted octanol–water partition coefficient (Wildman–Crippen LogP) is 2.94. The van der Waals surface area contributed by atoms with Gasteiger partial charge >= 0.3 is 0 Å². The molecule has 0 spiro atoms. The molecule has 0 saturated carbocycles. The number of aromatic nitrogens is 5. The summed E-state index contributed by atoms with van der Waals surface area (Å²) in [5.41, 5.74) is 2.59. The summed E-state index contributed by atoms with van der Waals surface area (Å²) in [6.07, 6.45) is 1.92. The van der Waals surface area contributed by atoms with E-state index in [2.05, 4.69) is 20.6 Å². The van der Waals surface area contributed by atoms with Gasteiger partial charge in [-0.05, 0) is 23.6 Å². The summed E-state index contributed by atoms with van der Waals surface area (Å²) in [6, 6.07) is 23.3. The standard InChI is InChI=1S/C23H20N6O2/c30-21(16-28-14-12-17-6-4-5-9-19(17)28)24-13-15-31-22-11-10-20-25-26-23(29(20)27-22)18-7-2-1-3-8-18/h1-12,14H,13,15-16H2,(H,24,30). The van der Waals surface area contributed by atoms with E-state index in [0.29, 0.717) is 30.5 Å². The van der Waals surface area contributed by atoms with E-state index in [1.807, 2.05) is 71.4 Å². The highest BCUT2D eigenvalue weighted by atomic mass is 16.5. The van der Waals surface area contributed by atoms with Crippen molar-refractivity contribution in [2.24, 2.45) is 0 Å². The third kappa shape index (κ3) is 3.95. The lowest BCUT2D eigenvalue weighted by molar-refractivity contribution is -0.121. The van der Waals surface area contributed by atoms with Gasteiger partial charge in [0.15, 0.2) is 11.5 Å². The molecule has 0 unspecified atom stereocenters. The van der Waals surface area contributed by atoms with Crippen molar-refractivity contribution >= 4 is 22.5 Å². The predicted molar refractivity (Wildman–Crippen MR) is 117 cm³/mol. The number of nitrogens with zero attached hydrogens (tertiary/aromatic N) is 5. The van der Waals surface area contributed by atoms with Gasteiger partial charge in [-0.2, -0.15) is 4.52 Å². The first-order valence-electron chi connectivity index (χ1n) is 9.99. The first-order valence-corrected chi connectivity index (χ1v) is 9.99. The number of ether oxygens (including phenoxy) is 1. The minimum absolute atomic E-state index is 0.0708. The van der Waals surface area contributed by atoms with E-state index < -0.39 is 0 Å². The highest BCUT2D eigenvalue weighted by molar-refractivity contribution is 5.83. The zero-order valence-electron chi connectivity index (χ0n) is 16.7. The molecule has 0 aliphatic carbocycles. The van der Waals surface area contributed by atoms with E-state index in [-0.39, 0.29) is 12.5 Å². The quantitative estimate of drug-likeness (QED) is 0.416. The number of rotatable bonds is 7. The van der Waals surface area contributed by atoms with Crippen LogP contribution in [-0.4, -0.2) is 43.4 Å². The van der Waals surface area contributed by atoms with Crippen molar-refractivity contribution in [1.29, 1.82) is 0 Å². The monoisotopic (exact) mass is 412 g/mol. The Labute approximate surface area is 178 Å². The Morgan fingerprint density at radius 1 is 0.935 bits per heavy atom. The lowest BCUT2D eigenvalue weighted by Gasteiger charge is -2.09. The molecule has 0 radical (unpaired) electrons. The van der Waals surface area contributed by atoms with E-state index in [4.69, 9.17) is 4.74 Å². The molecule has 154 valence electrons. The second kappa shape index (κ2) is 8.27. The maximum absolute atomic E-state index is 12.3. The summed E-state index contributed by atoms with van der Waals surface area (Å²) >= 11 is 0. The van der Waals surface area contributed by atoms with Crippen LogP contribution >= 0.6 is 0 Å². The fraction of sp³-hybridized carbons (Fsp3) is 0.130. The van der Waals surface area contributed by atoms with Crippen molar-refractivity contribution in [3.8, 4) is 17.3 Å². The normalized spacial score (nSPS) is 11.1. The van der Waals surface area contributed by atoms with Gasteiger partial charge in [-0.3, -0.25) is 4.79 Å². The SMILES string of the molecule is O=C(Cn1ccc2ccccc21)NCCOc1ccc2nnc(-c3ccccc3)n2n1. The van der Waals surface area contributed by atoms with Crippen LogP contribution in [0.4, 0.5) is 0 Å². The van der Waals surface area contributed by atoms with Crippen molar-refractivity contribution in [1.82, 2.24) is 29.7 Å². The van der Waals surface area contributed by atoms with Crippen LogP contribution in [0.3, 0.4) is 0 Å². The Kier molecular flexibility index (Phi) is 5.02. The van der Waals surface area contributed by atoms with Gasteiger partial charge in [0.2, 0.25) is 11.8 Å². The van der Waals surface area contributed by atoms with Crippen LogP contribution in [0, 0.1) is 0 Å². The van der Waals surface area contributed by atoms with Gasteiger partial charge in [-0.1, -0.05) is 48.5 Å². The van der Waals surface area contributed by atoms with Crippen LogP contribution in [0.5, 0.6) is 5.88 Å². The van der Waals surface area contributed by atoms with Crippen LogP contribution in [0.1, 0.15) is 0 Å². The molecule has 1 N–H and O–H groups in total. The first kappa shape index (κ1) is 18.8. The summed E-state index contributed by atoms with van der Waals surface area (Å²) in [4.78, 5) is 12.3. The van der Waals surface area contributed by atoms with Crippen molar-refractivity contribution in [2.45, 2.75) is 6.54 Å². The minimum Gasteiger partial charge on any atom is -0.475 e. The van der Waals surface area contributed by atoms with Crippen molar-refractivity contribution in [3.05, 3.63) is 79.0 Å². The van der Waals surface area contributed by atoms with Crippen LogP contribution in [0.25, 0.3) is 27.9 Å². The number of hydrogen-bond donors (Lipinski definition) is 1. The lowest BCUT2D eigenvalue weighted by atomic mass is 10.2. The molecular formula is C23H20N6O2. The van der Waals surface area contributed by atoms with Gasteiger partial charge in [0.25, 0.3) is 0 Å². The zero-order chi connectivity index (χ0) is 21.0. The number of para-hydroxylation sites is 1. The maximum Gasteiger partial charge on any atom is 0.240 e. The Bertz CT molecular complexity index is 1340. The lowest BCUT2D eigenvalue weighted by Crippen LogP contribution is -2.31. The van der Waals surface area contributed by atoms with Crippen molar-refractivity contribution in [3.63, 3.8) is 0 Å². The second-order valence-electron chi connectivity index (χ2n) is 7.03. The molecule has 0 atom stereocenters. The van der Waals surface area contributed by atoms with Gasteiger partial charge in [0.1, 0.15) is 13.2 Å². The van der Waals surface area contributed by atoms with E-state index in [0.717, 1.165) is 16.5 Å². The molecule has 3 aromatic heterocycles. The molecule has 0 saturated heterocycles. The third-order valence-electron chi connectivity index (χ3n) is 4.94. The summed E-state index contributed by atoms with van der Waals surface area (Å²) in [5, 5.41) is 16.8. The number of nitrogens with one attached hydrogen (secondary N) is 1. The van der Waals surface area contributed by atoms with E-state index in [9.17, 15) is 4.79 Å². The molecule has 0 aliphatic rings. The smallest absolute Gasteiger partial charge is 0.240 e. The zero-order valence-corrected chi connectivity index (χ0v) is 16.7. The van der Waals surface area contributed by atoms with E-state index in [1.54, 1.807) is 16.6 Å². The van der Waals surface area contributed by atoms with Gasteiger partial charge in [-0.15, -0.1) is 15.3 Å². The molecule has 31 heavy (non-hydrogen) atoms. The Morgan fingerprint density at radius 2 is 1.77 bits per heavy atom. The molecular weight excluding hydrogens is 392 g/mol. The first-order chi connectivity index (χ1) is 15.3. The van der Waals surface area contributed by atoms with Crippen LogP contribution in [-0.2, 0) is 11.3 Å². The average Bonchev–Trinajstić information content (AvgIpc) is 3.41. The number of fused-ring (bicyclic) bond motifs is 2. The number of benzene rings is 2. The number of carbonyl (C=O) groups excluding carboxylic acids is 1. The molecule has 8 heteroatoms. The van der Waals surface area contributed by atoms with Crippen LogP contribution in [0.2, 0.25) is 0 Å². The Morgan fingerprint density at radius 3 is 2.68 bits per heavy atom. The van der Waals surface area contributed by atoms with Crippen LogP contribution < -0.4 is 10.1 Å². The molecule has 0 fully saturated rings. The molecule has 2 aromatic carbocycles. The maximum atomic E-state index is 12.3. The average molecular weight is 412 g/mol. The fourth-order valence-electron chi connectivity index (χ4n) is 3.45. The Hall–Kier alpha value is -4.20. The minimum atomic E-state index is -0.0708. The van der Waals surface area contributed by atoms with Gasteiger partial charge in [0, 0.05) is 23.3 Å². The van der Waals surface area contributed by atoms with Gasteiger partial charge < -0.3 is 14.6 Å². The van der Waals surface area contributed by atoms with E-state index >= 15 is 0 Å². The third-order valence-corrected chi connectivity index (χ3v) is 4.94. The highest BCUT2D eigenvalue weighted by Gasteiger charge is 2.10. The highest BCUT2D eigenvalue weighted by Crippen LogP contribution is 2.18. The summed E-state index contributed by atoms with van der Waals surface area (Å²) in [6.45, 7) is 0.948. The van der Waals surface area contributed by atoms with Gasteiger partial charge in [-0.25, -0.2) is 0 Å². The van der Waals surface area contributed by atoms with E-state index in [1.165, 1.54) is 0 Å². The molecule has 5 rings (SSSR count). The molecule has 0 bridgehead atoms. The Balaban J connectivity index is 1.18. The second-order valence-corrected chi connectivity index (χ2v) is 7.03. The summed E-state index contributed by atoms with van der Waals surface area (Å²) in [7, 11) is 0. The largest absolute Gasteiger partial charge is 0.475 e. The van der Waals surface area contributed by atoms with Crippen molar-refractivity contribution in [2.75, 3.05) is 13.2 Å². The molecule has 3 heterocycles. The van der Waals surface area contributed by atoms with Crippen LogP contribution in [0.15, 0.2) is 79.0 Å². The number of amides is 1. The fourth-order valence-corrected chi connectivity index (χ4v) is 3.45. The molecule has 1 amide bonds.